The zero-order valence-corrected chi connectivity index (χ0v) is 18.6. The van der Waals surface area contributed by atoms with Crippen LogP contribution in [-0.4, -0.2) is 62.2 Å². The number of aromatic amines is 1. The number of ketones is 1. The molecule has 180 valence electrons. The number of carbonyl (C=O) groups excluding carboxylic acids is 1. The van der Waals surface area contributed by atoms with Crippen LogP contribution in [0.1, 0.15) is 21.5 Å². The van der Waals surface area contributed by atoms with Crippen LogP contribution in [0, 0.1) is 0 Å². The molecule has 3 aromatic carbocycles. The van der Waals surface area contributed by atoms with Gasteiger partial charge in [-0.1, -0.05) is 60.7 Å². The lowest BCUT2D eigenvalue weighted by Gasteiger charge is -2.48. The van der Waals surface area contributed by atoms with Crippen molar-refractivity contribution in [1.29, 1.82) is 0 Å². The van der Waals surface area contributed by atoms with Gasteiger partial charge in [0, 0.05) is 22.7 Å². The second-order valence-corrected chi connectivity index (χ2v) is 8.47. The lowest BCUT2D eigenvalue weighted by Crippen LogP contribution is -2.65. The van der Waals surface area contributed by atoms with Gasteiger partial charge >= 0.3 is 0 Å². The molecule has 0 aliphatic carbocycles. The Bertz CT molecular complexity index is 1340. The molecular formula is C27H25NO7. The fourth-order valence-electron chi connectivity index (χ4n) is 4.51. The van der Waals surface area contributed by atoms with Gasteiger partial charge in [0.15, 0.2) is 11.9 Å². The number of rotatable bonds is 6. The van der Waals surface area contributed by atoms with E-state index in [0.29, 0.717) is 16.5 Å². The van der Waals surface area contributed by atoms with Crippen molar-refractivity contribution in [1.82, 2.24) is 4.98 Å². The zero-order valence-electron chi connectivity index (χ0n) is 18.6. The van der Waals surface area contributed by atoms with Crippen LogP contribution in [0.3, 0.4) is 0 Å². The standard InChI is InChI=1S/C27H25NO7/c29-15-22-24(31)25(32)26(33)27(35-22,19-14-28-20-12-6-4-10-17(19)20)34-21-13-7-5-11-18(21)23(30)16-8-2-1-3-9-16/h1-14,22,24-26,28-29,31-33H,15H2/t22-,24+,25+,26-,27-/m1/s1. The average molecular weight is 475 g/mol. The summed E-state index contributed by atoms with van der Waals surface area (Å²) in [4.78, 5) is 16.4. The molecule has 5 rings (SSSR count). The normalized spacial score (nSPS) is 26.5. The molecule has 5 atom stereocenters. The largest absolute Gasteiger partial charge is 0.454 e. The number of benzene rings is 3. The molecule has 1 aromatic heterocycles. The highest BCUT2D eigenvalue weighted by Gasteiger charge is 2.57. The molecule has 4 aromatic rings. The van der Waals surface area contributed by atoms with Crippen LogP contribution in [-0.2, 0) is 10.5 Å². The van der Waals surface area contributed by atoms with Gasteiger partial charge in [-0.25, -0.2) is 0 Å². The Morgan fingerprint density at radius 2 is 1.60 bits per heavy atom. The van der Waals surface area contributed by atoms with Gasteiger partial charge in [0.2, 0.25) is 0 Å². The van der Waals surface area contributed by atoms with E-state index >= 15 is 0 Å². The van der Waals surface area contributed by atoms with Gasteiger partial charge in [-0.2, -0.15) is 0 Å². The van der Waals surface area contributed by atoms with Crippen LogP contribution in [0.25, 0.3) is 10.9 Å². The van der Waals surface area contributed by atoms with Crippen LogP contribution in [0.5, 0.6) is 5.75 Å². The summed E-state index contributed by atoms with van der Waals surface area (Å²) in [6.45, 7) is -0.636. The molecule has 2 heterocycles. The zero-order chi connectivity index (χ0) is 24.6. The minimum atomic E-state index is -2.06. The molecule has 1 fully saturated rings. The molecule has 0 unspecified atom stereocenters. The number of carbonyl (C=O) groups is 1. The maximum Gasteiger partial charge on any atom is 0.268 e. The summed E-state index contributed by atoms with van der Waals surface area (Å²) in [5.74, 6) is -2.26. The number of nitrogens with one attached hydrogen (secondary N) is 1. The third-order valence-corrected chi connectivity index (χ3v) is 6.34. The fraction of sp³-hybridized carbons (Fsp3) is 0.222. The first-order valence-electron chi connectivity index (χ1n) is 11.2. The van der Waals surface area contributed by atoms with Gasteiger partial charge in [-0.05, 0) is 18.2 Å². The molecule has 8 nitrogen and oxygen atoms in total. The number of para-hydroxylation sites is 2. The minimum Gasteiger partial charge on any atom is -0.454 e. The van der Waals surface area contributed by atoms with Crippen molar-refractivity contribution in [2.45, 2.75) is 30.2 Å². The summed E-state index contributed by atoms with van der Waals surface area (Å²) < 4.78 is 12.4. The first-order valence-corrected chi connectivity index (χ1v) is 11.2. The number of aliphatic hydroxyl groups is 4. The lowest BCUT2D eigenvalue weighted by atomic mass is 9.87. The van der Waals surface area contributed by atoms with E-state index in [4.69, 9.17) is 9.47 Å². The minimum absolute atomic E-state index is 0.103. The molecule has 1 aliphatic rings. The van der Waals surface area contributed by atoms with Crippen LogP contribution >= 0.6 is 0 Å². The third kappa shape index (κ3) is 3.91. The maximum absolute atomic E-state index is 13.3. The highest BCUT2D eigenvalue weighted by molar-refractivity contribution is 6.10. The average Bonchev–Trinajstić information content (AvgIpc) is 3.34. The summed E-state index contributed by atoms with van der Waals surface area (Å²) in [6.07, 6.45) is -4.71. The molecule has 35 heavy (non-hydrogen) atoms. The van der Waals surface area contributed by atoms with Crippen molar-refractivity contribution in [3.63, 3.8) is 0 Å². The van der Waals surface area contributed by atoms with E-state index in [1.807, 2.05) is 12.1 Å². The number of fused-ring (bicyclic) bond motifs is 1. The van der Waals surface area contributed by atoms with Gasteiger partial charge in [-0.15, -0.1) is 0 Å². The monoisotopic (exact) mass is 475 g/mol. The molecule has 0 radical (unpaired) electrons. The van der Waals surface area contributed by atoms with Gasteiger partial charge in [-0.3, -0.25) is 4.79 Å². The number of ether oxygens (including phenoxy) is 2. The number of aliphatic hydroxyl groups excluding tert-OH is 4. The third-order valence-electron chi connectivity index (χ3n) is 6.34. The van der Waals surface area contributed by atoms with Crippen molar-refractivity contribution in [2.24, 2.45) is 0 Å². The van der Waals surface area contributed by atoms with E-state index in [1.165, 1.54) is 0 Å². The summed E-state index contributed by atoms with van der Waals surface area (Å²) >= 11 is 0. The van der Waals surface area contributed by atoms with Crippen LogP contribution in [0.4, 0.5) is 0 Å². The first-order chi connectivity index (χ1) is 17.0. The van der Waals surface area contributed by atoms with Crippen molar-refractivity contribution in [3.8, 4) is 5.75 Å². The molecule has 1 saturated heterocycles. The SMILES string of the molecule is O=C(c1ccccc1)c1ccccc1O[C@]1(c2c[nH]c3ccccc23)O[C@H](CO)[C@H](O)[C@H](O)[C@H]1O. The van der Waals surface area contributed by atoms with E-state index in [1.54, 1.807) is 72.9 Å². The van der Waals surface area contributed by atoms with Crippen molar-refractivity contribution >= 4 is 16.7 Å². The fourth-order valence-corrected chi connectivity index (χ4v) is 4.51. The molecule has 0 bridgehead atoms. The first kappa shape index (κ1) is 23.2. The number of hydrogen-bond acceptors (Lipinski definition) is 7. The van der Waals surface area contributed by atoms with Gasteiger partial charge in [0.25, 0.3) is 5.79 Å². The number of H-pyrrole nitrogens is 1. The summed E-state index contributed by atoms with van der Waals surface area (Å²) in [7, 11) is 0. The summed E-state index contributed by atoms with van der Waals surface area (Å²) in [5, 5.41) is 42.9. The second kappa shape index (κ2) is 9.26. The maximum atomic E-state index is 13.3. The predicted molar refractivity (Wildman–Crippen MR) is 127 cm³/mol. The van der Waals surface area contributed by atoms with Crippen molar-refractivity contribution in [2.75, 3.05) is 6.61 Å². The van der Waals surface area contributed by atoms with E-state index < -0.39 is 36.8 Å². The summed E-state index contributed by atoms with van der Waals surface area (Å²) in [6, 6.07) is 22.4. The topological polar surface area (TPSA) is 132 Å². The van der Waals surface area contributed by atoms with Crippen LogP contribution in [0.15, 0.2) is 85.1 Å². The Morgan fingerprint density at radius 3 is 2.37 bits per heavy atom. The van der Waals surface area contributed by atoms with Crippen molar-refractivity contribution < 1.29 is 34.7 Å². The van der Waals surface area contributed by atoms with E-state index in [9.17, 15) is 25.2 Å². The van der Waals surface area contributed by atoms with Crippen LogP contribution < -0.4 is 4.74 Å². The molecule has 0 saturated carbocycles. The lowest BCUT2D eigenvalue weighted by molar-refractivity contribution is -0.345. The highest BCUT2D eigenvalue weighted by Crippen LogP contribution is 2.44. The van der Waals surface area contributed by atoms with Crippen LogP contribution in [0.2, 0.25) is 0 Å². The van der Waals surface area contributed by atoms with E-state index in [2.05, 4.69) is 4.98 Å². The Balaban J connectivity index is 1.67. The summed E-state index contributed by atoms with van der Waals surface area (Å²) in [5.41, 5.74) is 1.72. The van der Waals surface area contributed by atoms with Gasteiger partial charge in [0.1, 0.15) is 24.1 Å². The Kier molecular flexibility index (Phi) is 6.14. The molecule has 0 spiro atoms. The van der Waals surface area contributed by atoms with Gasteiger partial charge < -0.3 is 34.9 Å². The Morgan fingerprint density at radius 1 is 0.914 bits per heavy atom. The Labute approximate surface area is 201 Å². The van der Waals surface area contributed by atoms with E-state index in [0.717, 1.165) is 5.52 Å². The molecule has 0 amide bonds. The van der Waals surface area contributed by atoms with Gasteiger partial charge in [0.05, 0.1) is 17.7 Å². The second-order valence-electron chi connectivity index (χ2n) is 8.47. The van der Waals surface area contributed by atoms with E-state index in [-0.39, 0.29) is 17.1 Å². The number of aromatic nitrogens is 1. The van der Waals surface area contributed by atoms with Crippen molar-refractivity contribution in [3.05, 3.63) is 102 Å². The highest BCUT2D eigenvalue weighted by atomic mass is 16.7. The smallest absolute Gasteiger partial charge is 0.268 e. The predicted octanol–water partition coefficient (Wildman–Crippen LogP) is 2.10. The quantitative estimate of drug-likeness (QED) is 0.270. The molecule has 5 N–H and O–H groups in total. The number of hydrogen-bond donors (Lipinski definition) is 5. The molecule has 1 aliphatic heterocycles. The molecular weight excluding hydrogens is 450 g/mol. The Hall–Kier alpha value is -3.53. The molecule has 8 heteroatoms.